The van der Waals surface area contributed by atoms with Crippen LogP contribution in [0.5, 0.6) is 0 Å². The summed E-state index contributed by atoms with van der Waals surface area (Å²) in [4.78, 5) is 0. The van der Waals surface area contributed by atoms with Crippen LogP contribution in [0.1, 0.15) is 30.4 Å². The lowest BCUT2D eigenvalue weighted by atomic mass is 9.94. The Labute approximate surface area is 119 Å². The summed E-state index contributed by atoms with van der Waals surface area (Å²) in [6, 6.07) is 4.19. The van der Waals surface area contributed by atoms with E-state index in [-0.39, 0.29) is 33.9 Å². The summed E-state index contributed by atoms with van der Waals surface area (Å²) >= 11 is 0. The van der Waals surface area contributed by atoms with Gasteiger partial charge in [0.05, 0.1) is 11.8 Å². The fourth-order valence-electron chi connectivity index (χ4n) is 2.03. The molecule has 19 heavy (non-hydrogen) atoms. The third-order valence-corrected chi connectivity index (χ3v) is 3.07. The lowest BCUT2D eigenvalue weighted by Gasteiger charge is -2.14. The van der Waals surface area contributed by atoms with E-state index in [1.54, 1.807) is 6.07 Å². The first-order valence-corrected chi connectivity index (χ1v) is 5.72. The topological polar surface area (TPSA) is 39.2 Å². The smallest absolute Gasteiger partial charge is 0.417 e. The standard InChI is InChI=1S/C13H14F3NO.BrH/c1-8(2-4-17)9-6-11(13(14,15)16)10-3-5-18-12(10)7-9;/h3,5-8H,2,4,17H2,1H3;1H. The molecule has 0 aliphatic carbocycles. The van der Waals surface area contributed by atoms with Crippen LogP contribution in [-0.2, 0) is 6.18 Å². The normalized spacial score (nSPS) is 13.3. The number of nitrogens with two attached hydrogens (primary N) is 1. The van der Waals surface area contributed by atoms with Gasteiger partial charge in [0.25, 0.3) is 0 Å². The SMILES string of the molecule is Br.CC(CCN)c1cc(C(F)(F)F)c2ccoc2c1. The third kappa shape index (κ3) is 3.30. The molecule has 0 fully saturated rings. The van der Waals surface area contributed by atoms with E-state index in [4.69, 9.17) is 10.2 Å². The second-order valence-corrected chi connectivity index (χ2v) is 4.38. The molecule has 6 heteroatoms. The van der Waals surface area contributed by atoms with Crippen LogP contribution in [0.15, 0.2) is 28.9 Å². The molecule has 0 amide bonds. The number of rotatable bonds is 3. The number of benzene rings is 1. The Morgan fingerprint density at radius 3 is 2.58 bits per heavy atom. The quantitative estimate of drug-likeness (QED) is 0.896. The van der Waals surface area contributed by atoms with Crippen LogP contribution in [0, 0.1) is 0 Å². The largest absolute Gasteiger partial charge is 0.464 e. The third-order valence-electron chi connectivity index (χ3n) is 3.07. The fraction of sp³-hybridized carbons (Fsp3) is 0.385. The molecule has 0 bridgehead atoms. The molecule has 1 atom stereocenters. The van der Waals surface area contributed by atoms with Gasteiger partial charge in [-0.1, -0.05) is 6.92 Å². The molecule has 2 aromatic rings. The van der Waals surface area contributed by atoms with Crippen LogP contribution in [0.2, 0.25) is 0 Å². The van der Waals surface area contributed by atoms with E-state index in [2.05, 4.69) is 0 Å². The van der Waals surface area contributed by atoms with Crippen LogP contribution < -0.4 is 5.73 Å². The molecule has 1 aromatic heterocycles. The van der Waals surface area contributed by atoms with Crippen molar-refractivity contribution in [2.24, 2.45) is 5.73 Å². The van der Waals surface area contributed by atoms with Crippen LogP contribution in [0.3, 0.4) is 0 Å². The second kappa shape index (κ2) is 5.96. The summed E-state index contributed by atoms with van der Waals surface area (Å²) in [5.74, 6) is -0.0226. The van der Waals surface area contributed by atoms with Crippen LogP contribution in [0.25, 0.3) is 11.0 Å². The minimum absolute atomic E-state index is 0. The van der Waals surface area contributed by atoms with Crippen molar-refractivity contribution in [3.63, 3.8) is 0 Å². The minimum Gasteiger partial charge on any atom is -0.464 e. The van der Waals surface area contributed by atoms with E-state index in [0.29, 0.717) is 18.5 Å². The maximum absolute atomic E-state index is 13.0. The molecule has 0 saturated carbocycles. The van der Waals surface area contributed by atoms with Crippen LogP contribution in [0.4, 0.5) is 13.2 Å². The van der Waals surface area contributed by atoms with E-state index in [0.717, 1.165) is 0 Å². The van der Waals surface area contributed by atoms with Gasteiger partial charge < -0.3 is 10.2 Å². The van der Waals surface area contributed by atoms with Gasteiger partial charge in [0.2, 0.25) is 0 Å². The van der Waals surface area contributed by atoms with E-state index in [9.17, 15) is 13.2 Å². The Balaban J connectivity index is 0.00000180. The fourth-order valence-corrected chi connectivity index (χ4v) is 2.03. The van der Waals surface area contributed by atoms with Crippen LogP contribution >= 0.6 is 17.0 Å². The molecule has 1 aromatic carbocycles. The maximum atomic E-state index is 13.0. The average molecular weight is 338 g/mol. The first kappa shape index (κ1) is 16.0. The summed E-state index contributed by atoms with van der Waals surface area (Å²) in [6.45, 7) is 2.30. The summed E-state index contributed by atoms with van der Waals surface area (Å²) in [5, 5.41) is 0.103. The van der Waals surface area contributed by atoms with E-state index >= 15 is 0 Å². The molecular weight excluding hydrogens is 323 g/mol. The van der Waals surface area contributed by atoms with Gasteiger partial charge in [0.1, 0.15) is 5.58 Å². The van der Waals surface area contributed by atoms with Crippen molar-refractivity contribution in [1.29, 1.82) is 0 Å². The molecule has 2 rings (SSSR count). The lowest BCUT2D eigenvalue weighted by molar-refractivity contribution is -0.136. The molecule has 2 N–H and O–H groups in total. The van der Waals surface area contributed by atoms with Crippen molar-refractivity contribution in [3.05, 3.63) is 35.6 Å². The number of fused-ring (bicyclic) bond motifs is 1. The monoisotopic (exact) mass is 337 g/mol. The summed E-state index contributed by atoms with van der Waals surface area (Å²) in [5.41, 5.74) is 5.67. The average Bonchev–Trinajstić information content (AvgIpc) is 2.74. The van der Waals surface area contributed by atoms with Crippen LogP contribution in [-0.4, -0.2) is 6.54 Å². The Bertz CT molecular complexity index is 550. The lowest BCUT2D eigenvalue weighted by Crippen LogP contribution is -2.09. The predicted octanol–water partition coefficient (Wildman–Crippen LogP) is 4.48. The van der Waals surface area contributed by atoms with Crippen molar-refractivity contribution in [2.45, 2.75) is 25.4 Å². The highest BCUT2D eigenvalue weighted by atomic mass is 79.9. The van der Waals surface area contributed by atoms with Gasteiger partial charge in [-0.15, -0.1) is 17.0 Å². The number of halogens is 4. The molecule has 0 spiro atoms. The highest BCUT2D eigenvalue weighted by molar-refractivity contribution is 8.93. The van der Waals surface area contributed by atoms with Gasteiger partial charge in [-0.05, 0) is 42.6 Å². The van der Waals surface area contributed by atoms with Crippen molar-refractivity contribution in [3.8, 4) is 0 Å². The van der Waals surface area contributed by atoms with Crippen molar-refractivity contribution < 1.29 is 17.6 Å². The molecule has 0 aliphatic rings. The molecule has 0 radical (unpaired) electrons. The zero-order valence-electron chi connectivity index (χ0n) is 10.3. The maximum Gasteiger partial charge on any atom is 0.417 e. The molecule has 2 nitrogen and oxygen atoms in total. The molecule has 1 heterocycles. The van der Waals surface area contributed by atoms with Crippen molar-refractivity contribution in [1.82, 2.24) is 0 Å². The summed E-state index contributed by atoms with van der Waals surface area (Å²) in [6.07, 6.45) is -2.46. The molecular formula is C13H15BrF3NO. The molecule has 1 unspecified atom stereocenters. The van der Waals surface area contributed by atoms with Gasteiger partial charge >= 0.3 is 6.18 Å². The highest BCUT2D eigenvalue weighted by Crippen LogP contribution is 2.37. The van der Waals surface area contributed by atoms with E-state index < -0.39 is 11.7 Å². The zero-order valence-corrected chi connectivity index (χ0v) is 12.0. The summed E-state index contributed by atoms with van der Waals surface area (Å²) < 4.78 is 44.0. The zero-order chi connectivity index (χ0) is 13.3. The molecule has 106 valence electrons. The van der Waals surface area contributed by atoms with Gasteiger partial charge in [-0.3, -0.25) is 0 Å². The van der Waals surface area contributed by atoms with E-state index in [1.807, 2.05) is 6.92 Å². The minimum atomic E-state index is -4.37. The van der Waals surface area contributed by atoms with Crippen molar-refractivity contribution >= 4 is 28.0 Å². The second-order valence-electron chi connectivity index (χ2n) is 4.38. The Morgan fingerprint density at radius 1 is 1.32 bits per heavy atom. The Hall–Kier alpha value is -1.01. The number of alkyl halides is 3. The van der Waals surface area contributed by atoms with Gasteiger partial charge in [-0.2, -0.15) is 13.2 Å². The van der Waals surface area contributed by atoms with Gasteiger partial charge in [0, 0.05) is 5.39 Å². The highest BCUT2D eigenvalue weighted by Gasteiger charge is 2.34. The molecule has 0 saturated heterocycles. The van der Waals surface area contributed by atoms with E-state index in [1.165, 1.54) is 18.4 Å². The van der Waals surface area contributed by atoms with Crippen molar-refractivity contribution in [2.75, 3.05) is 6.54 Å². The number of hydrogen-bond donors (Lipinski definition) is 1. The Kier molecular flexibility index (Phi) is 5.04. The van der Waals surface area contributed by atoms with Gasteiger partial charge in [-0.25, -0.2) is 0 Å². The first-order valence-electron chi connectivity index (χ1n) is 5.72. The number of furan rings is 1. The summed E-state index contributed by atoms with van der Waals surface area (Å²) in [7, 11) is 0. The Morgan fingerprint density at radius 2 is 2.00 bits per heavy atom. The van der Waals surface area contributed by atoms with Gasteiger partial charge in [0.15, 0.2) is 0 Å². The predicted molar refractivity (Wildman–Crippen MR) is 73.6 cm³/mol. The molecule has 0 aliphatic heterocycles. The number of hydrogen-bond acceptors (Lipinski definition) is 2. The first-order chi connectivity index (χ1) is 8.43.